The van der Waals surface area contributed by atoms with E-state index in [-0.39, 0.29) is 0 Å². The molecule has 0 fully saturated rings. The topological polar surface area (TPSA) is 53.2 Å². The summed E-state index contributed by atoms with van der Waals surface area (Å²) in [5, 5.41) is 1.76. The van der Waals surface area contributed by atoms with Gasteiger partial charge in [0.25, 0.3) is 0 Å². The van der Waals surface area contributed by atoms with E-state index in [1.165, 1.54) is 0 Å². The Balaban J connectivity index is 1.64. The lowest BCUT2D eigenvalue weighted by atomic mass is 10.00. The summed E-state index contributed by atoms with van der Waals surface area (Å²) in [6.45, 7) is 2.67. The zero-order chi connectivity index (χ0) is 18.3. The van der Waals surface area contributed by atoms with Crippen LogP contribution in [0, 0.1) is 6.92 Å². The van der Waals surface area contributed by atoms with Gasteiger partial charge in [-0.3, -0.25) is 0 Å². The van der Waals surface area contributed by atoms with Crippen molar-refractivity contribution in [3.8, 4) is 0 Å². The molecule has 0 saturated carbocycles. The number of benzene rings is 2. The van der Waals surface area contributed by atoms with Crippen LogP contribution in [0.4, 0.5) is 0 Å². The molecule has 1 N–H and O–H groups in total. The highest BCUT2D eigenvalue weighted by molar-refractivity contribution is 7.89. The van der Waals surface area contributed by atoms with Crippen LogP contribution in [0.3, 0.4) is 0 Å². The van der Waals surface area contributed by atoms with Crippen LogP contribution >= 0.6 is 11.6 Å². The predicted molar refractivity (Wildman–Crippen MR) is 106 cm³/mol. The molecule has 0 spiro atoms. The maximum absolute atomic E-state index is 12.9. The lowest BCUT2D eigenvalue weighted by molar-refractivity contribution is 0.441. The molecular weight excluding hydrogens is 368 g/mol. The van der Waals surface area contributed by atoms with Crippen molar-refractivity contribution in [2.75, 3.05) is 13.1 Å². The third-order valence-electron chi connectivity index (χ3n) is 4.87. The van der Waals surface area contributed by atoms with E-state index < -0.39 is 10.0 Å². The summed E-state index contributed by atoms with van der Waals surface area (Å²) in [6, 6.07) is 12.9. The Kier molecular flexibility index (Phi) is 4.39. The predicted octanol–water partition coefficient (Wildman–Crippen LogP) is 4.61. The van der Waals surface area contributed by atoms with Gasteiger partial charge in [0.1, 0.15) is 0 Å². The minimum absolute atomic E-state index is 0.374. The van der Waals surface area contributed by atoms with Crippen LogP contribution in [0.25, 0.3) is 16.5 Å². The normalized spacial score (nSPS) is 16.0. The van der Waals surface area contributed by atoms with Gasteiger partial charge in [-0.25, -0.2) is 8.42 Å². The molecule has 2 heterocycles. The molecule has 134 valence electrons. The average molecular weight is 387 g/mol. The van der Waals surface area contributed by atoms with Gasteiger partial charge in [0.05, 0.1) is 4.90 Å². The molecule has 1 aromatic heterocycles. The molecule has 1 aliphatic heterocycles. The van der Waals surface area contributed by atoms with Gasteiger partial charge in [0.2, 0.25) is 10.0 Å². The summed E-state index contributed by atoms with van der Waals surface area (Å²) in [6.07, 6.45) is 4.64. The van der Waals surface area contributed by atoms with Gasteiger partial charge in [0.15, 0.2) is 0 Å². The van der Waals surface area contributed by atoms with E-state index in [0.717, 1.165) is 27.6 Å². The second-order valence-corrected chi connectivity index (χ2v) is 8.84. The number of nitrogens with one attached hydrogen (secondary N) is 1. The minimum atomic E-state index is -3.47. The molecule has 0 atom stereocenters. The van der Waals surface area contributed by atoms with E-state index in [4.69, 9.17) is 11.6 Å². The summed E-state index contributed by atoms with van der Waals surface area (Å²) < 4.78 is 27.4. The van der Waals surface area contributed by atoms with Crippen molar-refractivity contribution in [3.05, 3.63) is 70.9 Å². The average Bonchev–Trinajstić information content (AvgIpc) is 3.05. The molecule has 0 saturated heterocycles. The second-order valence-electron chi connectivity index (χ2n) is 6.50. The van der Waals surface area contributed by atoms with E-state index in [2.05, 4.69) is 4.98 Å². The quantitative estimate of drug-likeness (QED) is 0.714. The zero-order valence-corrected chi connectivity index (χ0v) is 15.9. The molecule has 0 aliphatic carbocycles. The first-order valence-electron chi connectivity index (χ1n) is 8.48. The summed E-state index contributed by atoms with van der Waals surface area (Å²) >= 11 is 6.13. The molecule has 1 aliphatic rings. The van der Waals surface area contributed by atoms with E-state index in [9.17, 15) is 8.42 Å². The molecule has 2 aromatic carbocycles. The van der Waals surface area contributed by atoms with E-state index in [1.54, 1.807) is 16.4 Å². The monoisotopic (exact) mass is 386 g/mol. The molecule has 0 unspecified atom stereocenters. The molecule has 0 bridgehead atoms. The van der Waals surface area contributed by atoms with E-state index >= 15 is 0 Å². The molecule has 3 aromatic rings. The van der Waals surface area contributed by atoms with Gasteiger partial charge < -0.3 is 4.98 Å². The number of hydrogen-bond acceptors (Lipinski definition) is 2. The lowest BCUT2D eigenvalue weighted by Gasteiger charge is -2.26. The SMILES string of the molecule is Cc1ccccc1S(=O)(=O)N1CC=C(c2c[nH]c3ccc(Cl)cc23)CC1. The van der Waals surface area contributed by atoms with Gasteiger partial charge in [0, 0.05) is 40.8 Å². The van der Waals surface area contributed by atoms with Gasteiger partial charge in [-0.15, -0.1) is 0 Å². The van der Waals surface area contributed by atoms with Gasteiger partial charge >= 0.3 is 0 Å². The fourth-order valence-corrected chi connectivity index (χ4v) is 5.24. The van der Waals surface area contributed by atoms with Crippen molar-refractivity contribution in [2.24, 2.45) is 0 Å². The third kappa shape index (κ3) is 2.96. The lowest BCUT2D eigenvalue weighted by Crippen LogP contribution is -2.35. The first kappa shape index (κ1) is 17.3. The first-order chi connectivity index (χ1) is 12.5. The fraction of sp³-hybridized carbons (Fsp3) is 0.200. The molecular formula is C20H19ClN2O2S. The van der Waals surface area contributed by atoms with Gasteiger partial charge in [-0.1, -0.05) is 35.9 Å². The number of H-pyrrole nitrogens is 1. The number of fused-ring (bicyclic) bond motifs is 1. The van der Waals surface area contributed by atoms with Gasteiger partial charge in [-0.2, -0.15) is 4.31 Å². The molecule has 0 radical (unpaired) electrons. The molecule has 4 nitrogen and oxygen atoms in total. The highest BCUT2D eigenvalue weighted by Gasteiger charge is 2.27. The Morgan fingerprint density at radius 1 is 1.15 bits per heavy atom. The highest BCUT2D eigenvalue weighted by atomic mass is 35.5. The Morgan fingerprint density at radius 3 is 2.69 bits per heavy atom. The van der Waals surface area contributed by atoms with Crippen LogP contribution in [0.2, 0.25) is 5.02 Å². The van der Waals surface area contributed by atoms with Crippen molar-refractivity contribution in [3.63, 3.8) is 0 Å². The molecule has 0 amide bonds. The maximum Gasteiger partial charge on any atom is 0.243 e. The molecule has 4 rings (SSSR count). The Hall–Kier alpha value is -2.08. The highest BCUT2D eigenvalue weighted by Crippen LogP contribution is 2.32. The fourth-order valence-electron chi connectivity index (χ4n) is 3.46. The summed E-state index contributed by atoms with van der Waals surface area (Å²) in [5.41, 5.74) is 4.04. The zero-order valence-electron chi connectivity index (χ0n) is 14.4. The largest absolute Gasteiger partial charge is 0.361 e. The number of aromatic amines is 1. The van der Waals surface area contributed by atoms with Crippen molar-refractivity contribution < 1.29 is 8.42 Å². The van der Waals surface area contributed by atoms with Crippen molar-refractivity contribution in [2.45, 2.75) is 18.2 Å². The third-order valence-corrected chi connectivity index (χ3v) is 7.13. The first-order valence-corrected chi connectivity index (χ1v) is 10.3. The van der Waals surface area contributed by atoms with Crippen molar-refractivity contribution in [1.29, 1.82) is 0 Å². The van der Waals surface area contributed by atoms with Crippen LogP contribution in [-0.2, 0) is 10.0 Å². The number of halogens is 1. The van der Waals surface area contributed by atoms with Crippen molar-refractivity contribution in [1.82, 2.24) is 9.29 Å². The Labute approximate surface area is 158 Å². The molecule has 26 heavy (non-hydrogen) atoms. The number of aromatic nitrogens is 1. The minimum Gasteiger partial charge on any atom is -0.361 e. The number of hydrogen-bond donors (Lipinski definition) is 1. The summed E-state index contributed by atoms with van der Waals surface area (Å²) in [4.78, 5) is 3.64. The maximum atomic E-state index is 12.9. The standard InChI is InChI=1S/C20H19ClN2O2S/c1-14-4-2-3-5-20(14)26(24,25)23-10-8-15(9-11-23)18-13-22-19-7-6-16(21)12-17(18)19/h2-8,12-13,22H,9-11H2,1H3. The second kappa shape index (κ2) is 6.58. The van der Waals surface area contributed by atoms with Gasteiger partial charge in [-0.05, 0) is 48.7 Å². The Bertz CT molecular complexity index is 1120. The van der Waals surface area contributed by atoms with Crippen molar-refractivity contribution >= 4 is 38.1 Å². The molecule has 6 heteroatoms. The van der Waals surface area contributed by atoms with Crippen LogP contribution in [0.15, 0.2) is 59.6 Å². The summed E-state index contributed by atoms with van der Waals surface area (Å²) in [5.74, 6) is 0. The number of aryl methyl sites for hydroxylation is 1. The van der Waals surface area contributed by atoms with Crippen LogP contribution < -0.4 is 0 Å². The smallest absolute Gasteiger partial charge is 0.243 e. The number of rotatable bonds is 3. The van der Waals surface area contributed by atoms with Crippen LogP contribution in [-0.4, -0.2) is 30.8 Å². The van der Waals surface area contributed by atoms with E-state index in [0.29, 0.717) is 29.4 Å². The Morgan fingerprint density at radius 2 is 1.96 bits per heavy atom. The van der Waals surface area contributed by atoms with Crippen LogP contribution in [0.5, 0.6) is 0 Å². The number of nitrogens with zero attached hydrogens (tertiary/aromatic N) is 1. The van der Waals surface area contributed by atoms with Crippen LogP contribution in [0.1, 0.15) is 17.5 Å². The summed E-state index contributed by atoms with van der Waals surface area (Å²) in [7, 11) is -3.47. The number of sulfonamides is 1. The van der Waals surface area contributed by atoms with E-state index in [1.807, 2.05) is 49.5 Å².